The van der Waals surface area contributed by atoms with Gasteiger partial charge in [-0.3, -0.25) is 25.2 Å². The fraction of sp³-hybridized carbons (Fsp3) is 0.231. The number of hydrazine groups is 1. The minimum atomic E-state index is -0.582. The molecule has 3 aromatic rings. The molecule has 0 unspecified atom stereocenters. The largest absolute Gasteiger partial charge is 0.497 e. The Morgan fingerprint density at radius 1 is 0.914 bits per heavy atom. The highest BCUT2D eigenvalue weighted by atomic mass is 16.5. The molecule has 3 amide bonds. The summed E-state index contributed by atoms with van der Waals surface area (Å²) in [5, 5.41) is 4.34. The zero-order valence-corrected chi connectivity index (χ0v) is 19.7. The SMILES string of the molecule is COc1ccc(C(=O)NNC(=O)c2oc3c(c2C)/C(=N/NC(=O)c2cccc(C)c2)CCC3)cc1. The molecule has 4 rings (SSSR count). The number of hydrogen-bond acceptors (Lipinski definition) is 6. The van der Waals surface area contributed by atoms with Crippen molar-refractivity contribution >= 4 is 23.4 Å². The molecule has 3 N–H and O–H groups in total. The van der Waals surface area contributed by atoms with Crippen molar-refractivity contribution < 1.29 is 23.5 Å². The molecule has 0 spiro atoms. The predicted molar refractivity (Wildman–Crippen MR) is 129 cm³/mol. The zero-order valence-electron chi connectivity index (χ0n) is 19.7. The molecule has 1 aliphatic carbocycles. The minimum Gasteiger partial charge on any atom is -0.497 e. The van der Waals surface area contributed by atoms with E-state index >= 15 is 0 Å². The second-order valence-electron chi connectivity index (χ2n) is 8.21. The van der Waals surface area contributed by atoms with Crippen LogP contribution in [0.15, 0.2) is 58.0 Å². The van der Waals surface area contributed by atoms with Crippen LogP contribution in [0.4, 0.5) is 0 Å². The Morgan fingerprint density at radius 2 is 1.66 bits per heavy atom. The van der Waals surface area contributed by atoms with Crippen molar-refractivity contribution in [3.05, 3.63) is 87.9 Å². The lowest BCUT2D eigenvalue weighted by molar-refractivity contribution is 0.0829. The van der Waals surface area contributed by atoms with E-state index in [0.717, 1.165) is 12.0 Å². The lowest BCUT2D eigenvalue weighted by Crippen LogP contribution is -2.41. The van der Waals surface area contributed by atoms with Crippen LogP contribution in [0.25, 0.3) is 0 Å². The van der Waals surface area contributed by atoms with Crippen molar-refractivity contribution in [2.24, 2.45) is 5.10 Å². The van der Waals surface area contributed by atoms with Crippen LogP contribution < -0.4 is 21.0 Å². The first kappa shape index (κ1) is 23.7. The Labute approximate surface area is 202 Å². The molecule has 0 radical (unpaired) electrons. The van der Waals surface area contributed by atoms with Crippen LogP contribution >= 0.6 is 0 Å². The van der Waals surface area contributed by atoms with E-state index in [-0.39, 0.29) is 11.7 Å². The molecule has 0 atom stereocenters. The van der Waals surface area contributed by atoms with E-state index in [1.807, 2.05) is 19.1 Å². The summed E-state index contributed by atoms with van der Waals surface area (Å²) in [5.74, 6) is -0.0322. The van der Waals surface area contributed by atoms with Crippen molar-refractivity contribution in [2.45, 2.75) is 33.1 Å². The molecule has 0 bridgehead atoms. The Bertz CT molecular complexity index is 1310. The number of rotatable bonds is 5. The van der Waals surface area contributed by atoms with Crippen LogP contribution in [0.1, 0.15) is 66.6 Å². The maximum absolute atomic E-state index is 12.8. The van der Waals surface area contributed by atoms with Crippen molar-refractivity contribution in [2.75, 3.05) is 7.11 Å². The zero-order chi connectivity index (χ0) is 24.9. The first-order chi connectivity index (χ1) is 16.9. The molecular formula is C26H26N4O5. The molecule has 35 heavy (non-hydrogen) atoms. The van der Waals surface area contributed by atoms with Gasteiger partial charge in [0.05, 0.1) is 12.8 Å². The number of aryl methyl sites for hydroxylation is 2. The molecule has 0 saturated heterocycles. The van der Waals surface area contributed by atoms with Crippen LogP contribution in [0.3, 0.4) is 0 Å². The number of nitrogens with zero attached hydrogens (tertiary/aromatic N) is 1. The monoisotopic (exact) mass is 474 g/mol. The number of hydrazone groups is 1. The summed E-state index contributed by atoms with van der Waals surface area (Å²) in [6.07, 6.45) is 2.05. The van der Waals surface area contributed by atoms with Gasteiger partial charge < -0.3 is 9.15 Å². The van der Waals surface area contributed by atoms with Crippen LogP contribution in [0.2, 0.25) is 0 Å². The standard InChI is InChI=1S/C26H26N4O5/c1-15-6-4-7-18(14-15)25(32)28-27-20-8-5-9-21-22(20)16(2)23(35-21)26(33)30-29-24(31)17-10-12-19(34-3)13-11-17/h4,6-7,10-14H,5,8-9H2,1-3H3,(H,28,32)(H,29,31)(H,30,33)/b27-20+. The van der Waals surface area contributed by atoms with E-state index in [0.29, 0.717) is 52.3 Å². The van der Waals surface area contributed by atoms with Gasteiger partial charge in [0.15, 0.2) is 5.76 Å². The van der Waals surface area contributed by atoms with E-state index < -0.39 is 11.8 Å². The van der Waals surface area contributed by atoms with Crippen molar-refractivity contribution in [1.29, 1.82) is 0 Å². The van der Waals surface area contributed by atoms with Crippen LogP contribution in [0.5, 0.6) is 5.75 Å². The molecule has 0 saturated carbocycles. The van der Waals surface area contributed by atoms with Gasteiger partial charge >= 0.3 is 5.91 Å². The van der Waals surface area contributed by atoms with Crippen molar-refractivity contribution in [3.8, 4) is 5.75 Å². The first-order valence-corrected chi connectivity index (χ1v) is 11.2. The van der Waals surface area contributed by atoms with Gasteiger partial charge in [-0.1, -0.05) is 17.7 Å². The molecular weight excluding hydrogens is 448 g/mol. The average molecular weight is 475 g/mol. The van der Waals surface area contributed by atoms with Crippen molar-refractivity contribution in [3.63, 3.8) is 0 Å². The van der Waals surface area contributed by atoms with Gasteiger partial charge in [-0.15, -0.1) is 0 Å². The highest BCUT2D eigenvalue weighted by Gasteiger charge is 2.28. The maximum atomic E-state index is 12.8. The van der Waals surface area contributed by atoms with Crippen LogP contribution in [-0.4, -0.2) is 30.5 Å². The molecule has 9 nitrogen and oxygen atoms in total. The summed E-state index contributed by atoms with van der Waals surface area (Å²) in [6.45, 7) is 3.67. The fourth-order valence-electron chi connectivity index (χ4n) is 3.95. The summed E-state index contributed by atoms with van der Waals surface area (Å²) in [5.41, 5.74) is 11.2. The van der Waals surface area contributed by atoms with Gasteiger partial charge in [0.2, 0.25) is 0 Å². The lowest BCUT2D eigenvalue weighted by atomic mass is 9.93. The maximum Gasteiger partial charge on any atom is 0.305 e. The highest BCUT2D eigenvalue weighted by Crippen LogP contribution is 2.29. The molecule has 0 fully saturated rings. The lowest BCUT2D eigenvalue weighted by Gasteiger charge is -2.13. The molecule has 0 aliphatic heterocycles. The van der Waals surface area contributed by atoms with Gasteiger partial charge in [-0.25, -0.2) is 5.43 Å². The number of furan rings is 1. The normalized spacial score (nSPS) is 13.6. The van der Waals surface area contributed by atoms with Crippen LogP contribution in [-0.2, 0) is 6.42 Å². The third-order valence-corrected chi connectivity index (χ3v) is 5.75. The Morgan fingerprint density at radius 3 is 2.37 bits per heavy atom. The van der Waals surface area contributed by atoms with E-state index in [2.05, 4.69) is 21.4 Å². The Kier molecular flexibility index (Phi) is 6.96. The molecule has 1 aliphatic rings. The summed E-state index contributed by atoms with van der Waals surface area (Å²) in [6, 6.07) is 13.7. The van der Waals surface area contributed by atoms with Gasteiger partial charge in [0.1, 0.15) is 11.5 Å². The number of ether oxygens (including phenoxy) is 1. The third kappa shape index (κ3) is 5.24. The number of hydrogen-bond donors (Lipinski definition) is 3. The summed E-state index contributed by atoms with van der Waals surface area (Å²) in [7, 11) is 1.54. The number of amides is 3. The second kappa shape index (κ2) is 10.3. The highest BCUT2D eigenvalue weighted by molar-refractivity contribution is 6.07. The minimum absolute atomic E-state index is 0.0876. The summed E-state index contributed by atoms with van der Waals surface area (Å²) in [4.78, 5) is 37.6. The van der Waals surface area contributed by atoms with Crippen molar-refractivity contribution in [1.82, 2.24) is 16.3 Å². The molecule has 1 heterocycles. The molecule has 9 heteroatoms. The average Bonchev–Trinajstić information content (AvgIpc) is 3.22. The number of benzene rings is 2. The smallest absolute Gasteiger partial charge is 0.305 e. The molecule has 2 aromatic carbocycles. The van der Waals surface area contributed by atoms with E-state index in [9.17, 15) is 14.4 Å². The first-order valence-electron chi connectivity index (χ1n) is 11.2. The number of fused-ring (bicyclic) bond motifs is 1. The summed E-state index contributed by atoms with van der Waals surface area (Å²) >= 11 is 0. The second-order valence-corrected chi connectivity index (χ2v) is 8.21. The topological polar surface area (TPSA) is 122 Å². The van der Waals surface area contributed by atoms with E-state index in [1.165, 1.54) is 7.11 Å². The van der Waals surface area contributed by atoms with Crippen LogP contribution in [0, 0.1) is 13.8 Å². The number of carbonyl (C=O) groups excluding carboxylic acids is 3. The Balaban J connectivity index is 1.46. The molecule has 180 valence electrons. The van der Waals surface area contributed by atoms with Gasteiger partial charge in [0, 0.05) is 28.7 Å². The van der Waals surface area contributed by atoms with E-state index in [4.69, 9.17) is 9.15 Å². The fourth-order valence-corrected chi connectivity index (χ4v) is 3.95. The number of nitrogens with one attached hydrogen (secondary N) is 3. The quantitative estimate of drug-likeness (QED) is 0.489. The summed E-state index contributed by atoms with van der Waals surface area (Å²) < 4.78 is 10.9. The third-order valence-electron chi connectivity index (χ3n) is 5.75. The van der Waals surface area contributed by atoms with Gasteiger partial charge in [-0.2, -0.15) is 5.10 Å². The van der Waals surface area contributed by atoms with E-state index in [1.54, 1.807) is 43.3 Å². The Hall–Kier alpha value is -4.40. The molecule has 1 aromatic heterocycles. The number of methoxy groups -OCH3 is 1. The predicted octanol–water partition coefficient (Wildman–Crippen LogP) is 3.45. The van der Waals surface area contributed by atoms with Gasteiger partial charge in [0.25, 0.3) is 11.8 Å². The number of carbonyl (C=O) groups is 3. The van der Waals surface area contributed by atoms with Gasteiger partial charge in [-0.05, 0) is 63.1 Å².